The number of para-hydroxylation sites is 1. The fourth-order valence-corrected chi connectivity index (χ4v) is 3.50. The standard InChI is InChI=1S/C22H16N4O/c27-22-19-20(25(15-24-19)14-16-8-3-1-4-9-16)18-12-7-13-23-21(18)26(22)17-10-5-2-6-11-17/h1-13,15H,14H2. The van der Waals surface area contributed by atoms with Crippen LogP contribution in [0.25, 0.3) is 27.8 Å². The zero-order chi connectivity index (χ0) is 18.2. The van der Waals surface area contributed by atoms with Gasteiger partial charge in [0.05, 0.1) is 17.5 Å². The first-order valence-corrected chi connectivity index (χ1v) is 8.77. The van der Waals surface area contributed by atoms with E-state index in [9.17, 15) is 4.79 Å². The van der Waals surface area contributed by atoms with Crippen molar-refractivity contribution in [3.05, 3.63) is 101 Å². The fraction of sp³-hybridized carbons (Fsp3) is 0.0455. The second-order valence-corrected chi connectivity index (χ2v) is 6.41. The predicted molar refractivity (Wildman–Crippen MR) is 106 cm³/mol. The Balaban J connectivity index is 1.83. The van der Waals surface area contributed by atoms with Crippen molar-refractivity contribution in [1.82, 2.24) is 19.1 Å². The average molecular weight is 352 g/mol. The van der Waals surface area contributed by atoms with Gasteiger partial charge in [-0.15, -0.1) is 0 Å². The van der Waals surface area contributed by atoms with Crippen molar-refractivity contribution < 1.29 is 0 Å². The van der Waals surface area contributed by atoms with Crippen LogP contribution >= 0.6 is 0 Å². The Morgan fingerprint density at radius 2 is 1.56 bits per heavy atom. The molecule has 0 saturated carbocycles. The van der Waals surface area contributed by atoms with Crippen molar-refractivity contribution in [2.75, 3.05) is 0 Å². The second kappa shape index (κ2) is 6.21. The molecule has 0 aliphatic rings. The lowest BCUT2D eigenvalue weighted by Crippen LogP contribution is -2.20. The molecule has 0 saturated heterocycles. The molecule has 5 heteroatoms. The summed E-state index contributed by atoms with van der Waals surface area (Å²) in [5.41, 5.74) is 3.69. The highest BCUT2D eigenvalue weighted by Crippen LogP contribution is 2.23. The summed E-state index contributed by atoms with van der Waals surface area (Å²) in [6, 6.07) is 23.6. The number of imidazole rings is 1. The molecule has 3 aromatic heterocycles. The summed E-state index contributed by atoms with van der Waals surface area (Å²) in [5.74, 6) is 0. The number of hydrogen-bond donors (Lipinski definition) is 0. The van der Waals surface area contributed by atoms with Crippen LogP contribution in [-0.4, -0.2) is 19.1 Å². The maximum absolute atomic E-state index is 13.3. The van der Waals surface area contributed by atoms with Gasteiger partial charge in [0, 0.05) is 18.1 Å². The Kier molecular flexibility index (Phi) is 3.57. The maximum atomic E-state index is 13.3. The highest BCUT2D eigenvalue weighted by Gasteiger charge is 2.17. The summed E-state index contributed by atoms with van der Waals surface area (Å²) in [6.07, 6.45) is 3.45. The molecule has 0 aliphatic carbocycles. The lowest BCUT2D eigenvalue weighted by molar-refractivity contribution is 0.826. The summed E-state index contributed by atoms with van der Waals surface area (Å²) < 4.78 is 3.66. The van der Waals surface area contributed by atoms with E-state index >= 15 is 0 Å². The van der Waals surface area contributed by atoms with Crippen molar-refractivity contribution in [2.24, 2.45) is 0 Å². The van der Waals surface area contributed by atoms with Crippen molar-refractivity contribution in [3.63, 3.8) is 0 Å². The Bertz CT molecular complexity index is 1300. The molecule has 5 aromatic rings. The van der Waals surface area contributed by atoms with E-state index in [1.54, 1.807) is 17.1 Å². The number of hydrogen-bond acceptors (Lipinski definition) is 3. The summed E-state index contributed by atoms with van der Waals surface area (Å²) >= 11 is 0. The number of nitrogens with zero attached hydrogens (tertiary/aromatic N) is 4. The molecule has 0 bridgehead atoms. The molecule has 0 atom stereocenters. The Morgan fingerprint density at radius 3 is 2.33 bits per heavy atom. The zero-order valence-corrected chi connectivity index (χ0v) is 14.5. The molecule has 0 radical (unpaired) electrons. The van der Waals surface area contributed by atoms with E-state index in [4.69, 9.17) is 0 Å². The van der Waals surface area contributed by atoms with Crippen molar-refractivity contribution >= 4 is 22.1 Å². The van der Waals surface area contributed by atoms with Crippen LogP contribution in [0.15, 0.2) is 90.1 Å². The van der Waals surface area contributed by atoms with E-state index in [1.165, 1.54) is 0 Å². The summed E-state index contributed by atoms with van der Waals surface area (Å²) in [4.78, 5) is 22.2. The lowest BCUT2D eigenvalue weighted by atomic mass is 10.2. The van der Waals surface area contributed by atoms with Crippen LogP contribution in [0.3, 0.4) is 0 Å². The van der Waals surface area contributed by atoms with E-state index in [2.05, 4.69) is 22.1 Å². The molecule has 0 fully saturated rings. The van der Waals surface area contributed by atoms with Gasteiger partial charge in [-0.05, 0) is 29.8 Å². The highest BCUT2D eigenvalue weighted by atomic mass is 16.1. The quantitative estimate of drug-likeness (QED) is 0.496. The van der Waals surface area contributed by atoms with Crippen LogP contribution in [0.5, 0.6) is 0 Å². The summed E-state index contributed by atoms with van der Waals surface area (Å²) in [5, 5.41) is 0.907. The first kappa shape index (κ1) is 15.5. The van der Waals surface area contributed by atoms with Crippen LogP contribution in [0.1, 0.15) is 5.56 Å². The van der Waals surface area contributed by atoms with Crippen LogP contribution in [-0.2, 0) is 6.54 Å². The van der Waals surface area contributed by atoms with Crippen LogP contribution in [0.2, 0.25) is 0 Å². The van der Waals surface area contributed by atoms with Gasteiger partial charge in [-0.1, -0.05) is 48.5 Å². The van der Waals surface area contributed by atoms with Gasteiger partial charge in [0.25, 0.3) is 5.56 Å². The maximum Gasteiger partial charge on any atom is 0.284 e. The SMILES string of the molecule is O=c1c2ncn(Cc3ccccc3)c2c2cccnc2n1-c1ccccc1. The number of rotatable bonds is 3. The smallest absolute Gasteiger partial charge is 0.284 e. The summed E-state index contributed by atoms with van der Waals surface area (Å²) in [7, 11) is 0. The Morgan fingerprint density at radius 1 is 0.815 bits per heavy atom. The number of fused-ring (bicyclic) bond motifs is 3. The largest absolute Gasteiger partial charge is 0.325 e. The predicted octanol–water partition coefficient (Wildman–Crippen LogP) is 3.78. The van der Waals surface area contributed by atoms with Gasteiger partial charge in [-0.25, -0.2) is 9.97 Å². The average Bonchev–Trinajstić information content (AvgIpc) is 3.14. The minimum absolute atomic E-state index is 0.158. The number of benzene rings is 2. The number of pyridine rings is 2. The molecule has 130 valence electrons. The Labute approximate surface area is 155 Å². The fourth-order valence-electron chi connectivity index (χ4n) is 3.50. The van der Waals surface area contributed by atoms with Gasteiger partial charge in [0.1, 0.15) is 5.65 Å². The molecular formula is C22H16N4O. The van der Waals surface area contributed by atoms with Crippen molar-refractivity contribution in [2.45, 2.75) is 6.54 Å². The van der Waals surface area contributed by atoms with E-state index in [1.807, 2.05) is 65.2 Å². The lowest BCUT2D eigenvalue weighted by Gasteiger charge is -2.12. The van der Waals surface area contributed by atoms with E-state index in [-0.39, 0.29) is 5.56 Å². The minimum atomic E-state index is -0.158. The molecule has 5 nitrogen and oxygen atoms in total. The van der Waals surface area contributed by atoms with E-state index in [0.717, 1.165) is 22.2 Å². The molecule has 0 spiro atoms. The Hall–Kier alpha value is -3.73. The van der Waals surface area contributed by atoms with Gasteiger partial charge in [-0.2, -0.15) is 0 Å². The van der Waals surface area contributed by atoms with Crippen molar-refractivity contribution in [1.29, 1.82) is 0 Å². The highest BCUT2D eigenvalue weighted by molar-refractivity contribution is 6.01. The third kappa shape index (κ3) is 2.52. The van der Waals surface area contributed by atoms with Gasteiger partial charge in [0.15, 0.2) is 5.52 Å². The normalized spacial score (nSPS) is 11.3. The van der Waals surface area contributed by atoms with Gasteiger partial charge in [-0.3, -0.25) is 9.36 Å². The molecule has 2 aromatic carbocycles. The second-order valence-electron chi connectivity index (χ2n) is 6.41. The first-order valence-electron chi connectivity index (χ1n) is 8.77. The van der Waals surface area contributed by atoms with Gasteiger partial charge < -0.3 is 4.57 Å². The van der Waals surface area contributed by atoms with Crippen LogP contribution in [0, 0.1) is 0 Å². The minimum Gasteiger partial charge on any atom is -0.325 e. The summed E-state index contributed by atoms with van der Waals surface area (Å²) in [6.45, 7) is 0.649. The molecule has 0 unspecified atom stereocenters. The van der Waals surface area contributed by atoms with Gasteiger partial charge in [0.2, 0.25) is 0 Å². The molecule has 0 N–H and O–H groups in total. The van der Waals surface area contributed by atoms with Crippen molar-refractivity contribution in [3.8, 4) is 5.69 Å². The molecule has 5 rings (SSSR count). The van der Waals surface area contributed by atoms with Crippen LogP contribution in [0.4, 0.5) is 0 Å². The molecule has 3 heterocycles. The monoisotopic (exact) mass is 352 g/mol. The van der Waals surface area contributed by atoms with Crippen LogP contribution < -0.4 is 5.56 Å². The molecule has 27 heavy (non-hydrogen) atoms. The molecular weight excluding hydrogens is 336 g/mol. The zero-order valence-electron chi connectivity index (χ0n) is 14.5. The first-order chi connectivity index (χ1) is 13.3. The topological polar surface area (TPSA) is 52.7 Å². The van der Waals surface area contributed by atoms with E-state index in [0.29, 0.717) is 17.7 Å². The van der Waals surface area contributed by atoms with Gasteiger partial charge >= 0.3 is 0 Å². The molecule has 0 amide bonds. The third-order valence-electron chi connectivity index (χ3n) is 4.71. The third-order valence-corrected chi connectivity index (χ3v) is 4.71. The van der Waals surface area contributed by atoms with E-state index < -0.39 is 0 Å². The molecule has 0 aliphatic heterocycles. The number of aromatic nitrogens is 4.